The van der Waals surface area contributed by atoms with Crippen LogP contribution >= 0.6 is 0 Å². The number of rotatable bonds is 7. The van der Waals surface area contributed by atoms with Crippen LogP contribution in [0.3, 0.4) is 0 Å². The molecule has 13 heavy (non-hydrogen) atoms. The third-order valence-corrected chi connectivity index (χ3v) is 2.70. The zero-order chi connectivity index (χ0) is 9.68. The molecular weight excluding hydrogens is 160 g/mol. The van der Waals surface area contributed by atoms with E-state index in [1.54, 1.807) is 0 Å². The predicted octanol–water partition coefficient (Wildman–Crippen LogP) is 1.99. The van der Waals surface area contributed by atoms with Crippen molar-refractivity contribution in [2.45, 2.75) is 58.0 Å². The van der Waals surface area contributed by atoms with Crippen LogP contribution in [-0.4, -0.2) is 30.1 Å². The number of hydrogen-bond donors (Lipinski definition) is 1. The molecule has 0 aliphatic heterocycles. The van der Waals surface area contributed by atoms with Crippen molar-refractivity contribution in [1.82, 2.24) is 4.90 Å². The molecule has 2 heteroatoms. The van der Waals surface area contributed by atoms with Gasteiger partial charge in [0.1, 0.15) is 0 Å². The van der Waals surface area contributed by atoms with Crippen LogP contribution in [-0.2, 0) is 0 Å². The second-order valence-electron chi connectivity index (χ2n) is 4.27. The normalized spacial score (nSPS) is 19.4. The maximum atomic E-state index is 6.04. The van der Waals surface area contributed by atoms with E-state index in [1.807, 2.05) is 0 Å². The molecular formula is C11H24N2. The van der Waals surface area contributed by atoms with E-state index in [0.717, 1.165) is 12.6 Å². The first-order valence-electron chi connectivity index (χ1n) is 5.77. The molecule has 2 N–H and O–H groups in total. The summed E-state index contributed by atoms with van der Waals surface area (Å²) in [5.41, 5.74) is 6.04. The first-order chi connectivity index (χ1) is 6.27. The van der Waals surface area contributed by atoms with Gasteiger partial charge < -0.3 is 5.73 Å². The Labute approximate surface area is 82.5 Å². The molecule has 1 saturated carbocycles. The summed E-state index contributed by atoms with van der Waals surface area (Å²) < 4.78 is 0. The molecule has 1 fully saturated rings. The first kappa shape index (κ1) is 11.0. The second kappa shape index (κ2) is 5.61. The minimum absolute atomic E-state index is 0.400. The third-order valence-electron chi connectivity index (χ3n) is 2.70. The standard InChI is InChI=1S/C11H24N2/c1-3-5-10(12)9-13(8-4-2)11-6-7-11/h10-11H,3-9,12H2,1-2H3. The quantitative estimate of drug-likeness (QED) is 0.655. The van der Waals surface area contributed by atoms with Crippen molar-refractivity contribution in [2.75, 3.05) is 13.1 Å². The Morgan fingerprint density at radius 3 is 2.46 bits per heavy atom. The van der Waals surface area contributed by atoms with Gasteiger partial charge in [0.25, 0.3) is 0 Å². The summed E-state index contributed by atoms with van der Waals surface area (Å²) in [5, 5.41) is 0. The Hall–Kier alpha value is -0.0800. The van der Waals surface area contributed by atoms with Gasteiger partial charge in [0.05, 0.1) is 0 Å². The molecule has 2 nitrogen and oxygen atoms in total. The second-order valence-corrected chi connectivity index (χ2v) is 4.27. The van der Waals surface area contributed by atoms with Crippen molar-refractivity contribution in [3.05, 3.63) is 0 Å². The predicted molar refractivity (Wildman–Crippen MR) is 57.8 cm³/mol. The Kier molecular flexibility index (Phi) is 4.74. The molecule has 1 aliphatic carbocycles. The number of nitrogens with two attached hydrogens (primary N) is 1. The van der Waals surface area contributed by atoms with E-state index in [2.05, 4.69) is 18.7 Å². The fraction of sp³-hybridized carbons (Fsp3) is 1.00. The van der Waals surface area contributed by atoms with Gasteiger partial charge in [-0.05, 0) is 32.2 Å². The van der Waals surface area contributed by atoms with Gasteiger partial charge in [-0.1, -0.05) is 20.3 Å². The van der Waals surface area contributed by atoms with Crippen molar-refractivity contribution >= 4 is 0 Å². The average molecular weight is 184 g/mol. The van der Waals surface area contributed by atoms with Crippen LogP contribution in [0, 0.1) is 0 Å². The summed E-state index contributed by atoms with van der Waals surface area (Å²) >= 11 is 0. The van der Waals surface area contributed by atoms with Crippen molar-refractivity contribution < 1.29 is 0 Å². The molecule has 0 saturated heterocycles. The van der Waals surface area contributed by atoms with E-state index >= 15 is 0 Å². The van der Waals surface area contributed by atoms with Crippen LogP contribution in [0.2, 0.25) is 0 Å². The van der Waals surface area contributed by atoms with Crippen LogP contribution in [0.1, 0.15) is 46.0 Å². The van der Waals surface area contributed by atoms with E-state index in [4.69, 9.17) is 5.73 Å². The smallest absolute Gasteiger partial charge is 0.0167 e. The van der Waals surface area contributed by atoms with E-state index in [9.17, 15) is 0 Å². The van der Waals surface area contributed by atoms with E-state index in [1.165, 1.54) is 38.6 Å². The van der Waals surface area contributed by atoms with Crippen LogP contribution in [0.15, 0.2) is 0 Å². The molecule has 0 spiro atoms. The topological polar surface area (TPSA) is 29.3 Å². The highest BCUT2D eigenvalue weighted by Crippen LogP contribution is 2.26. The average Bonchev–Trinajstić information content (AvgIpc) is 2.86. The molecule has 1 atom stereocenters. The molecule has 1 rings (SSSR count). The van der Waals surface area contributed by atoms with Crippen molar-refractivity contribution in [3.8, 4) is 0 Å². The highest BCUT2D eigenvalue weighted by Gasteiger charge is 2.28. The van der Waals surface area contributed by atoms with Crippen LogP contribution < -0.4 is 5.73 Å². The molecule has 1 unspecified atom stereocenters. The van der Waals surface area contributed by atoms with E-state index in [-0.39, 0.29) is 0 Å². The lowest BCUT2D eigenvalue weighted by Crippen LogP contribution is -2.39. The largest absolute Gasteiger partial charge is 0.327 e. The molecule has 0 radical (unpaired) electrons. The lowest BCUT2D eigenvalue weighted by molar-refractivity contribution is 0.243. The SMILES string of the molecule is CCCC(N)CN(CCC)C1CC1. The van der Waals surface area contributed by atoms with Crippen molar-refractivity contribution in [1.29, 1.82) is 0 Å². The molecule has 0 aromatic rings. The summed E-state index contributed by atoms with van der Waals surface area (Å²) in [4.78, 5) is 2.58. The highest BCUT2D eigenvalue weighted by atomic mass is 15.2. The minimum atomic E-state index is 0.400. The first-order valence-corrected chi connectivity index (χ1v) is 5.77. The van der Waals surface area contributed by atoms with E-state index in [0.29, 0.717) is 6.04 Å². The highest BCUT2D eigenvalue weighted by molar-refractivity contribution is 4.86. The molecule has 78 valence electrons. The van der Waals surface area contributed by atoms with Gasteiger partial charge in [-0.3, -0.25) is 4.90 Å². The molecule has 1 aliphatic rings. The summed E-state index contributed by atoms with van der Waals surface area (Å²) in [7, 11) is 0. The van der Waals surface area contributed by atoms with Crippen molar-refractivity contribution in [3.63, 3.8) is 0 Å². The van der Waals surface area contributed by atoms with E-state index < -0.39 is 0 Å². The fourth-order valence-corrected chi connectivity index (χ4v) is 1.91. The lowest BCUT2D eigenvalue weighted by Gasteiger charge is -2.24. The zero-order valence-electron chi connectivity index (χ0n) is 9.13. The maximum absolute atomic E-state index is 6.04. The van der Waals surface area contributed by atoms with Gasteiger partial charge in [-0.2, -0.15) is 0 Å². The minimum Gasteiger partial charge on any atom is -0.327 e. The third kappa shape index (κ3) is 4.10. The van der Waals surface area contributed by atoms with Crippen LogP contribution in [0.5, 0.6) is 0 Å². The Morgan fingerprint density at radius 2 is 2.00 bits per heavy atom. The number of hydrogen-bond acceptors (Lipinski definition) is 2. The van der Waals surface area contributed by atoms with Gasteiger partial charge in [0.15, 0.2) is 0 Å². The van der Waals surface area contributed by atoms with Gasteiger partial charge in [0.2, 0.25) is 0 Å². The van der Waals surface area contributed by atoms with Gasteiger partial charge in [-0.25, -0.2) is 0 Å². The molecule has 0 amide bonds. The van der Waals surface area contributed by atoms with Crippen LogP contribution in [0.4, 0.5) is 0 Å². The zero-order valence-corrected chi connectivity index (χ0v) is 9.13. The van der Waals surface area contributed by atoms with Crippen LogP contribution in [0.25, 0.3) is 0 Å². The summed E-state index contributed by atoms with van der Waals surface area (Å²) in [5.74, 6) is 0. The monoisotopic (exact) mass is 184 g/mol. The Bertz CT molecular complexity index is 132. The molecule has 0 aromatic carbocycles. The lowest BCUT2D eigenvalue weighted by atomic mass is 10.1. The Morgan fingerprint density at radius 1 is 1.31 bits per heavy atom. The van der Waals surface area contributed by atoms with Gasteiger partial charge >= 0.3 is 0 Å². The van der Waals surface area contributed by atoms with Gasteiger partial charge in [-0.15, -0.1) is 0 Å². The summed E-state index contributed by atoms with van der Waals surface area (Å²) in [6.45, 7) is 6.82. The number of nitrogens with zero attached hydrogens (tertiary/aromatic N) is 1. The Balaban J connectivity index is 2.20. The maximum Gasteiger partial charge on any atom is 0.0167 e. The van der Waals surface area contributed by atoms with Gasteiger partial charge in [0, 0.05) is 18.6 Å². The molecule has 0 bridgehead atoms. The summed E-state index contributed by atoms with van der Waals surface area (Å²) in [6.07, 6.45) is 6.45. The van der Waals surface area contributed by atoms with Crippen molar-refractivity contribution in [2.24, 2.45) is 5.73 Å². The fourth-order valence-electron chi connectivity index (χ4n) is 1.91. The molecule has 0 heterocycles. The molecule has 0 aromatic heterocycles. The summed E-state index contributed by atoms with van der Waals surface area (Å²) in [6, 6.07) is 1.28.